The summed E-state index contributed by atoms with van der Waals surface area (Å²) in [5, 5.41) is 1.41. The minimum atomic E-state index is -0.415. The van der Waals surface area contributed by atoms with Crippen molar-refractivity contribution in [3.8, 4) is 22.6 Å². The van der Waals surface area contributed by atoms with Crippen molar-refractivity contribution in [2.24, 2.45) is 0 Å². The smallest absolute Gasteiger partial charge is 0.344 e. The van der Waals surface area contributed by atoms with Gasteiger partial charge in [-0.1, -0.05) is 39.7 Å². The molecule has 0 saturated heterocycles. The maximum Gasteiger partial charge on any atom is 0.344 e. The summed E-state index contributed by atoms with van der Waals surface area (Å²) in [4.78, 5) is 12.5. The number of halogens is 2. The summed E-state index contributed by atoms with van der Waals surface area (Å²) in [6, 6.07) is 18.3. The second kappa shape index (κ2) is 8.38. The van der Waals surface area contributed by atoms with Crippen molar-refractivity contribution in [2.45, 2.75) is 13.2 Å². The Balaban J connectivity index is 1.42. The summed E-state index contributed by atoms with van der Waals surface area (Å²) in [6.07, 6.45) is 0. The van der Waals surface area contributed by atoms with E-state index in [0.717, 1.165) is 32.3 Å². The van der Waals surface area contributed by atoms with Crippen LogP contribution < -0.4 is 15.1 Å². The van der Waals surface area contributed by atoms with Gasteiger partial charge in [0, 0.05) is 32.1 Å². The van der Waals surface area contributed by atoms with Gasteiger partial charge in [0.25, 0.3) is 0 Å². The van der Waals surface area contributed by atoms with Crippen molar-refractivity contribution in [2.75, 3.05) is 6.79 Å². The highest BCUT2D eigenvalue weighted by Gasteiger charge is 2.17. The van der Waals surface area contributed by atoms with Crippen LogP contribution in [0.15, 0.2) is 74.3 Å². The molecule has 0 aliphatic carbocycles. The van der Waals surface area contributed by atoms with Gasteiger partial charge in [0.05, 0.1) is 12.2 Å². The number of rotatable bonds is 4. The molecule has 1 aliphatic rings. The zero-order valence-corrected chi connectivity index (χ0v) is 18.5. The highest BCUT2D eigenvalue weighted by Crippen LogP contribution is 2.33. The van der Waals surface area contributed by atoms with Gasteiger partial charge in [0.2, 0.25) is 0 Å². The molecule has 0 amide bonds. The van der Waals surface area contributed by atoms with E-state index in [0.29, 0.717) is 35.1 Å². The average molecular weight is 500 g/mol. The van der Waals surface area contributed by atoms with E-state index in [1.165, 1.54) is 0 Å². The molecular formula is C24H16BrClO5. The highest BCUT2D eigenvalue weighted by molar-refractivity contribution is 9.10. The van der Waals surface area contributed by atoms with E-state index < -0.39 is 5.63 Å². The summed E-state index contributed by atoms with van der Waals surface area (Å²) < 4.78 is 23.5. The van der Waals surface area contributed by atoms with Gasteiger partial charge in [-0.05, 0) is 48.0 Å². The van der Waals surface area contributed by atoms with Gasteiger partial charge in [-0.3, -0.25) is 0 Å². The molecule has 5 rings (SSSR count). The molecule has 4 aromatic rings. The third-order valence-corrected chi connectivity index (χ3v) is 5.72. The number of hydrogen-bond donors (Lipinski definition) is 0. The van der Waals surface area contributed by atoms with Crippen molar-refractivity contribution in [1.82, 2.24) is 0 Å². The summed E-state index contributed by atoms with van der Waals surface area (Å²) in [5.74, 6) is 1.38. The molecule has 0 bridgehead atoms. The Hall–Kier alpha value is -2.80. The lowest BCUT2D eigenvalue weighted by Gasteiger charge is -2.21. The molecule has 0 unspecified atom stereocenters. The van der Waals surface area contributed by atoms with Gasteiger partial charge in [0.15, 0.2) is 6.79 Å². The van der Waals surface area contributed by atoms with E-state index in [1.54, 1.807) is 30.3 Å². The molecule has 156 valence electrons. The molecule has 2 heterocycles. The zero-order chi connectivity index (χ0) is 21.4. The Bertz CT molecular complexity index is 1330. The van der Waals surface area contributed by atoms with E-state index in [4.69, 9.17) is 30.2 Å². The Labute approximate surface area is 191 Å². The minimum absolute atomic E-state index is 0.221. The predicted molar refractivity (Wildman–Crippen MR) is 122 cm³/mol. The molecule has 0 atom stereocenters. The third kappa shape index (κ3) is 4.19. The van der Waals surface area contributed by atoms with Gasteiger partial charge in [-0.25, -0.2) is 4.79 Å². The first kappa shape index (κ1) is 20.1. The number of ether oxygens (including phenoxy) is 3. The van der Waals surface area contributed by atoms with Gasteiger partial charge >= 0.3 is 5.63 Å². The van der Waals surface area contributed by atoms with Crippen LogP contribution in [0.1, 0.15) is 11.1 Å². The van der Waals surface area contributed by atoms with Gasteiger partial charge in [-0.2, -0.15) is 0 Å². The summed E-state index contributed by atoms with van der Waals surface area (Å²) in [7, 11) is 0. The Kier molecular flexibility index (Phi) is 5.44. The Morgan fingerprint density at radius 1 is 1.03 bits per heavy atom. The Morgan fingerprint density at radius 3 is 2.71 bits per heavy atom. The quantitative estimate of drug-likeness (QED) is 0.308. The molecule has 0 radical (unpaired) electrons. The molecule has 1 aromatic heterocycles. The van der Waals surface area contributed by atoms with Gasteiger partial charge in [0.1, 0.15) is 23.7 Å². The first-order valence-corrected chi connectivity index (χ1v) is 10.7. The summed E-state index contributed by atoms with van der Waals surface area (Å²) in [5.41, 5.74) is 3.16. The first-order valence-electron chi connectivity index (χ1n) is 9.55. The third-order valence-electron chi connectivity index (χ3n) is 5.01. The van der Waals surface area contributed by atoms with Crippen LogP contribution in [-0.4, -0.2) is 6.79 Å². The molecule has 31 heavy (non-hydrogen) atoms. The minimum Gasteiger partial charge on any atom is -0.489 e. The van der Waals surface area contributed by atoms with Crippen LogP contribution in [0.25, 0.3) is 22.1 Å². The van der Waals surface area contributed by atoms with Crippen molar-refractivity contribution in [1.29, 1.82) is 0 Å². The van der Waals surface area contributed by atoms with Crippen LogP contribution in [0.3, 0.4) is 0 Å². The lowest BCUT2D eigenvalue weighted by molar-refractivity contribution is -0.0176. The largest absolute Gasteiger partial charge is 0.489 e. The normalized spacial score (nSPS) is 13.0. The van der Waals surface area contributed by atoms with Crippen LogP contribution in [-0.2, 0) is 18.0 Å². The maximum absolute atomic E-state index is 12.5. The van der Waals surface area contributed by atoms with E-state index in [2.05, 4.69) is 15.9 Å². The summed E-state index contributed by atoms with van der Waals surface area (Å²) >= 11 is 9.46. The monoisotopic (exact) mass is 498 g/mol. The fourth-order valence-corrected chi connectivity index (χ4v) is 4.22. The lowest BCUT2D eigenvalue weighted by atomic mass is 10.1. The standard InChI is InChI=1S/C24H16BrClO5/c25-18-7-16-11-28-13-30-23(16)17(8-18)12-29-20-6-3-15-9-21(24(27)31-22(15)10-20)14-1-4-19(26)5-2-14/h1-10H,11-13H2. The van der Waals surface area contributed by atoms with Crippen molar-refractivity contribution >= 4 is 38.5 Å². The molecule has 0 N–H and O–H groups in total. The molecule has 1 aliphatic heterocycles. The van der Waals surface area contributed by atoms with Crippen molar-refractivity contribution in [3.05, 3.63) is 91.7 Å². The number of fused-ring (bicyclic) bond motifs is 2. The molecule has 0 fully saturated rings. The van der Waals surface area contributed by atoms with Crippen molar-refractivity contribution in [3.63, 3.8) is 0 Å². The first-order chi connectivity index (χ1) is 15.1. The number of benzene rings is 3. The van der Waals surface area contributed by atoms with E-state index in [-0.39, 0.29) is 6.79 Å². The molecule has 5 nitrogen and oxygen atoms in total. The van der Waals surface area contributed by atoms with Crippen LogP contribution in [0.5, 0.6) is 11.5 Å². The zero-order valence-electron chi connectivity index (χ0n) is 16.2. The van der Waals surface area contributed by atoms with Gasteiger partial charge < -0.3 is 18.6 Å². The molecule has 0 saturated carbocycles. The maximum atomic E-state index is 12.5. The van der Waals surface area contributed by atoms with Crippen LogP contribution in [0.2, 0.25) is 5.02 Å². The van der Waals surface area contributed by atoms with Crippen LogP contribution >= 0.6 is 27.5 Å². The topological polar surface area (TPSA) is 57.9 Å². The Morgan fingerprint density at radius 2 is 1.87 bits per heavy atom. The van der Waals surface area contributed by atoms with Crippen LogP contribution in [0.4, 0.5) is 0 Å². The number of hydrogen-bond acceptors (Lipinski definition) is 5. The fraction of sp³-hybridized carbons (Fsp3) is 0.125. The second-order valence-corrected chi connectivity index (χ2v) is 8.46. The van der Waals surface area contributed by atoms with Crippen molar-refractivity contribution < 1.29 is 18.6 Å². The van der Waals surface area contributed by atoms with E-state index in [9.17, 15) is 4.79 Å². The molecule has 7 heteroatoms. The summed E-state index contributed by atoms with van der Waals surface area (Å²) in [6.45, 7) is 1.03. The van der Waals surface area contributed by atoms with Gasteiger partial charge in [-0.15, -0.1) is 0 Å². The molecule has 3 aromatic carbocycles. The lowest BCUT2D eigenvalue weighted by Crippen LogP contribution is -2.14. The molecular weight excluding hydrogens is 484 g/mol. The van der Waals surface area contributed by atoms with E-state index >= 15 is 0 Å². The SMILES string of the molecule is O=c1oc2cc(OCc3cc(Br)cc4c3OCOC4)ccc2cc1-c1ccc(Cl)cc1. The van der Waals surface area contributed by atoms with Crippen LogP contribution in [0, 0.1) is 0 Å². The van der Waals surface area contributed by atoms with E-state index in [1.807, 2.05) is 30.3 Å². The highest BCUT2D eigenvalue weighted by atomic mass is 79.9. The average Bonchev–Trinajstić information content (AvgIpc) is 2.77. The fourth-order valence-electron chi connectivity index (χ4n) is 3.54. The molecule has 0 spiro atoms. The predicted octanol–water partition coefficient (Wildman–Crippen LogP) is 6.32. The second-order valence-electron chi connectivity index (χ2n) is 7.11.